The molecule has 2 atom stereocenters. The Morgan fingerprint density at radius 3 is 2.51 bits per heavy atom. The maximum absolute atomic E-state index is 10.0. The molecule has 3 heterocycles. The van der Waals surface area contributed by atoms with Crippen molar-refractivity contribution in [2.75, 3.05) is 0 Å². The molecule has 0 saturated heterocycles. The number of rotatable bonds is 2. The van der Waals surface area contributed by atoms with Gasteiger partial charge in [-0.15, -0.1) is 11.8 Å². The van der Waals surface area contributed by atoms with E-state index in [1.54, 1.807) is 0 Å². The standard InChI is InChI=1S/C26H21BNS.C5H8O2.Ir/c1-26(2)20-12-6-7-13-21(20)27(24-18-10-4-3-9-17(18)15-16-28-24)25-23(26)19-11-5-8-14-22(19)29-25;1-4(6)3-5(2)7;/h3-12,14-16,23,25H,1-2H3;3,6H,1-2H3;/q-1;;/b;4-3-;. The van der Waals surface area contributed by atoms with Crippen LogP contribution >= 0.6 is 11.8 Å². The van der Waals surface area contributed by atoms with E-state index in [-0.39, 0.29) is 43.8 Å². The van der Waals surface area contributed by atoms with Crippen LogP contribution in [0.1, 0.15) is 44.7 Å². The normalized spacial score (nSPS) is 19.0. The quantitative estimate of drug-likeness (QED) is 0.126. The number of aromatic nitrogens is 1. The van der Waals surface area contributed by atoms with Gasteiger partial charge in [0.1, 0.15) is 0 Å². The Kier molecular flexibility index (Phi) is 8.13. The first-order valence-electron chi connectivity index (χ1n) is 12.3. The maximum Gasteiger partial charge on any atom is 0.223 e. The summed E-state index contributed by atoms with van der Waals surface area (Å²) < 4.78 is 0. The Labute approximate surface area is 237 Å². The van der Waals surface area contributed by atoms with E-state index in [2.05, 4.69) is 92.7 Å². The van der Waals surface area contributed by atoms with Crippen LogP contribution in [0.3, 0.4) is 0 Å². The van der Waals surface area contributed by atoms with Crippen LogP contribution in [0.4, 0.5) is 0 Å². The molecule has 0 saturated carbocycles. The third kappa shape index (κ3) is 5.07. The number of aliphatic hydroxyl groups excluding tert-OH is 1. The van der Waals surface area contributed by atoms with Crippen molar-refractivity contribution in [1.82, 2.24) is 4.98 Å². The molecule has 1 radical (unpaired) electrons. The van der Waals surface area contributed by atoms with E-state index in [0.717, 1.165) is 0 Å². The maximum atomic E-state index is 10.0. The molecule has 0 amide bonds. The second-order valence-electron chi connectivity index (χ2n) is 10.1. The summed E-state index contributed by atoms with van der Waals surface area (Å²) in [6.45, 7) is 7.90. The predicted molar refractivity (Wildman–Crippen MR) is 151 cm³/mol. The van der Waals surface area contributed by atoms with Crippen molar-refractivity contribution in [2.24, 2.45) is 0 Å². The van der Waals surface area contributed by atoms with Crippen LogP contribution in [0.5, 0.6) is 0 Å². The Bertz CT molecular complexity index is 1480. The van der Waals surface area contributed by atoms with E-state index in [0.29, 0.717) is 11.1 Å². The summed E-state index contributed by atoms with van der Waals surface area (Å²) in [5.74, 6) is 0.394. The van der Waals surface area contributed by atoms with Crippen LogP contribution in [0.2, 0.25) is 0 Å². The zero-order chi connectivity index (χ0) is 25.4. The number of hydrogen-bond acceptors (Lipinski definition) is 4. The van der Waals surface area contributed by atoms with Gasteiger partial charge < -0.3 is 5.11 Å². The number of aliphatic hydroxyl groups is 1. The van der Waals surface area contributed by atoms with Crippen LogP contribution in [-0.2, 0) is 30.3 Å². The number of nitrogens with zero attached hydrogens (tertiary/aromatic N) is 1. The van der Waals surface area contributed by atoms with Gasteiger partial charge in [-0.05, 0) is 53.6 Å². The molecule has 1 N–H and O–H groups in total. The number of benzene rings is 3. The zero-order valence-electron chi connectivity index (χ0n) is 21.4. The first kappa shape index (κ1) is 27.4. The number of thioether (sulfide) groups is 1. The molecule has 4 aromatic rings. The molecule has 37 heavy (non-hydrogen) atoms. The fourth-order valence-electron chi connectivity index (χ4n) is 5.87. The Morgan fingerprint density at radius 1 is 1.05 bits per heavy atom. The topological polar surface area (TPSA) is 50.2 Å². The van der Waals surface area contributed by atoms with Gasteiger partial charge in [0.05, 0.1) is 5.76 Å². The largest absolute Gasteiger partial charge is 0.512 e. The second kappa shape index (κ2) is 11.0. The monoisotopic (exact) mass is 683 g/mol. The van der Waals surface area contributed by atoms with Crippen LogP contribution in [0, 0.1) is 6.07 Å². The number of pyridine rings is 1. The van der Waals surface area contributed by atoms with Crippen LogP contribution in [0.25, 0.3) is 10.8 Å². The Hall–Kier alpha value is -2.66. The Morgan fingerprint density at radius 2 is 1.78 bits per heavy atom. The molecular formula is C31H29BIrNO2S-. The van der Waals surface area contributed by atoms with Gasteiger partial charge in [-0.3, -0.25) is 9.78 Å². The number of allylic oxidation sites excluding steroid dienone is 2. The van der Waals surface area contributed by atoms with E-state index in [1.165, 1.54) is 57.8 Å². The fraction of sp³-hybridized carbons (Fsp3) is 0.226. The smallest absolute Gasteiger partial charge is 0.223 e. The SMILES string of the molecule is CC(=O)/C=C(/C)O.CC1(C)c2ccc[c-]c2B(c2nccc3ccccc23)C2Sc3ccccc3C21.[Ir]. The van der Waals surface area contributed by atoms with Gasteiger partial charge in [-0.2, -0.15) is 35.3 Å². The van der Waals surface area contributed by atoms with E-state index >= 15 is 0 Å². The van der Waals surface area contributed by atoms with Crippen molar-refractivity contribution in [2.45, 2.75) is 49.1 Å². The number of carbonyl (C=O) groups is 1. The molecule has 6 rings (SSSR count). The van der Waals surface area contributed by atoms with E-state index in [1.807, 2.05) is 18.0 Å². The van der Waals surface area contributed by atoms with Crippen LogP contribution in [-0.4, -0.2) is 27.7 Å². The van der Waals surface area contributed by atoms with Crippen molar-refractivity contribution < 1.29 is 30.0 Å². The average molecular weight is 683 g/mol. The summed E-state index contributed by atoms with van der Waals surface area (Å²) in [7, 11) is 0. The number of hydrogen-bond donors (Lipinski definition) is 1. The molecule has 2 aliphatic heterocycles. The second-order valence-corrected chi connectivity index (χ2v) is 11.3. The molecule has 189 valence electrons. The molecule has 3 nitrogen and oxygen atoms in total. The van der Waals surface area contributed by atoms with Gasteiger partial charge in [0.25, 0.3) is 0 Å². The van der Waals surface area contributed by atoms with Crippen LogP contribution in [0.15, 0.2) is 95.7 Å². The van der Waals surface area contributed by atoms with Crippen molar-refractivity contribution >= 4 is 46.1 Å². The number of ketones is 1. The van der Waals surface area contributed by atoms with E-state index in [9.17, 15) is 4.79 Å². The van der Waals surface area contributed by atoms with Gasteiger partial charge in [0.2, 0.25) is 6.71 Å². The summed E-state index contributed by atoms with van der Waals surface area (Å²) in [6.07, 6.45) is 3.14. The van der Waals surface area contributed by atoms with Gasteiger partial charge in [-0.25, -0.2) is 0 Å². The minimum absolute atomic E-state index is 0. The first-order chi connectivity index (χ1) is 17.3. The molecule has 0 bridgehead atoms. The molecule has 1 aromatic heterocycles. The summed E-state index contributed by atoms with van der Waals surface area (Å²) in [5, 5.41) is 11.3. The molecule has 6 heteroatoms. The fourth-order valence-corrected chi connectivity index (χ4v) is 7.68. The van der Waals surface area contributed by atoms with Gasteiger partial charge in [0.15, 0.2) is 5.78 Å². The minimum atomic E-state index is -0.125. The molecule has 3 aromatic carbocycles. The van der Waals surface area contributed by atoms with Crippen molar-refractivity contribution in [3.05, 3.63) is 108 Å². The average Bonchev–Trinajstić information content (AvgIpc) is 3.24. The van der Waals surface area contributed by atoms with E-state index in [4.69, 9.17) is 10.1 Å². The summed E-state index contributed by atoms with van der Waals surface area (Å²) in [6, 6.07) is 29.9. The summed E-state index contributed by atoms with van der Waals surface area (Å²) in [4.78, 5) is 16.4. The van der Waals surface area contributed by atoms with E-state index < -0.39 is 0 Å². The van der Waals surface area contributed by atoms with Crippen molar-refractivity contribution in [3.63, 3.8) is 0 Å². The summed E-state index contributed by atoms with van der Waals surface area (Å²) in [5.41, 5.74) is 5.48. The van der Waals surface area contributed by atoms with Gasteiger partial charge >= 0.3 is 0 Å². The first-order valence-corrected chi connectivity index (χ1v) is 13.1. The molecule has 0 aliphatic carbocycles. The van der Waals surface area contributed by atoms with Crippen LogP contribution < -0.4 is 11.1 Å². The Balaban J connectivity index is 0.000000356. The summed E-state index contributed by atoms with van der Waals surface area (Å²) >= 11 is 2.04. The molecule has 2 aliphatic rings. The third-order valence-electron chi connectivity index (χ3n) is 7.26. The third-order valence-corrected chi connectivity index (χ3v) is 8.70. The molecule has 0 fully saturated rings. The van der Waals surface area contributed by atoms with Crippen molar-refractivity contribution in [3.8, 4) is 0 Å². The molecule has 2 unspecified atom stereocenters. The minimum Gasteiger partial charge on any atom is -0.512 e. The molecule has 0 spiro atoms. The van der Waals surface area contributed by atoms with Crippen molar-refractivity contribution in [1.29, 1.82) is 0 Å². The number of carbonyl (C=O) groups excluding carboxylic acids is 1. The van der Waals surface area contributed by atoms with Gasteiger partial charge in [-0.1, -0.05) is 56.3 Å². The predicted octanol–water partition coefficient (Wildman–Crippen LogP) is 5.77. The zero-order valence-corrected chi connectivity index (χ0v) is 24.6. The van der Waals surface area contributed by atoms with Gasteiger partial charge in [0, 0.05) is 48.0 Å². The molecular weight excluding hydrogens is 653 g/mol. The number of fused-ring (bicyclic) bond motifs is 5.